The van der Waals surface area contributed by atoms with Gasteiger partial charge in [0.2, 0.25) is 11.8 Å². The van der Waals surface area contributed by atoms with Gasteiger partial charge in [0.25, 0.3) is 5.92 Å². The molecule has 148 valence electrons. The van der Waals surface area contributed by atoms with Crippen LogP contribution in [-0.4, -0.2) is 72.8 Å². The first-order chi connectivity index (χ1) is 12.7. The van der Waals surface area contributed by atoms with Gasteiger partial charge in [-0.1, -0.05) is 18.2 Å². The monoisotopic (exact) mass is 380 g/mol. The summed E-state index contributed by atoms with van der Waals surface area (Å²) in [6, 6.07) is 5.05. The molecule has 0 saturated carbocycles. The van der Waals surface area contributed by atoms with Crippen LogP contribution in [0.4, 0.5) is 14.5 Å². The Morgan fingerprint density at radius 3 is 2.37 bits per heavy atom. The number of amides is 2. The lowest BCUT2D eigenvalue weighted by Gasteiger charge is -2.35. The summed E-state index contributed by atoms with van der Waals surface area (Å²) in [4.78, 5) is 28.3. The topological polar surface area (TPSA) is 64.7 Å². The molecule has 2 aliphatic rings. The largest absolute Gasteiger partial charge is 0.339 e. The average molecular weight is 380 g/mol. The molecular formula is C19H26F2N4O2. The molecule has 3 rings (SSSR count). The van der Waals surface area contributed by atoms with Gasteiger partial charge in [-0.3, -0.25) is 19.8 Å². The number of piperazine rings is 1. The molecule has 1 aromatic rings. The zero-order valence-corrected chi connectivity index (χ0v) is 15.7. The van der Waals surface area contributed by atoms with Gasteiger partial charge in [0, 0.05) is 38.3 Å². The van der Waals surface area contributed by atoms with Gasteiger partial charge >= 0.3 is 0 Å². The number of benzene rings is 1. The van der Waals surface area contributed by atoms with Gasteiger partial charge in [0.15, 0.2) is 0 Å². The van der Waals surface area contributed by atoms with E-state index in [0.29, 0.717) is 26.2 Å². The predicted molar refractivity (Wildman–Crippen MR) is 98.9 cm³/mol. The van der Waals surface area contributed by atoms with Crippen molar-refractivity contribution in [2.45, 2.75) is 32.2 Å². The molecule has 0 spiro atoms. The smallest absolute Gasteiger partial charge is 0.262 e. The highest BCUT2D eigenvalue weighted by atomic mass is 19.3. The summed E-state index contributed by atoms with van der Waals surface area (Å²) in [5, 5.41) is 5.57. The minimum atomic E-state index is -2.81. The summed E-state index contributed by atoms with van der Waals surface area (Å²) < 4.78 is 26.6. The molecule has 2 saturated heterocycles. The van der Waals surface area contributed by atoms with Crippen molar-refractivity contribution < 1.29 is 18.4 Å². The quantitative estimate of drug-likeness (QED) is 0.829. The lowest BCUT2D eigenvalue weighted by molar-refractivity contribution is -0.135. The first kappa shape index (κ1) is 19.7. The summed E-state index contributed by atoms with van der Waals surface area (Å²) >= 11 is 0. The zero-order chi connectivity index (χ0) is 19.6. The molecule has 0 radical (unpaired) electrons. The number of aryl methyl sites for hydroxylation is 2. The van der Waals surface area contributed by atoms with Crippen LogP contribution < -0.4 is 10.6 Å². The molecule has 2 N–H and O–H groups in total. The van der Waals surface area contributed by atoms with Crippen LogP contribution in [0.1, 0.15) is 17.5 Å². The number of nitrogens with zero attached hydrogens (tertiary/aromatic N) is 2. The van der Waals surface area contributed by atoms with Gasteiger partial charge in [0.1, 0.15) is 0 Å². The zero-order valence-electron chi connectivity index (χ0n) is 15.7. The SMILES string of the molecule is Cc1cccc(C)c1NC(=O)CN1CCN(C(=O)C2CC(F)(F)CN2)CC1. The molecule has 27 heavy (non-hydrogen) atoms. The standard InChI is InChI=1S/C19H26F2N4O2/c1-13-4-3-5-14(2)17(13)23-16(26)11-24-6-8-25(9-7-24)18(27)15-10-19(20,21)12-22-15/h3-5,15,22H,6-12H2,1-2H3,(H,23,26). The first-order valence-corrected chi connectivity index (χ1v) is 9.23. The molecule has 0 aliphatic carbocycles. The van der Waals surface area contributed by atoms with Crippen LogP contribution >= 0.6 is 0 Å². The maximum Gasteiger partial charge on any atom is 0.262 e. The van der Waals surface area contributed by atoms with E-state index >= 15 is 0 Å². The summed E-state index contributed by atoms with van der Waals surface area (Å²) in [5.41, 5.74) is 2.86. The Labute approximate surface area is 157 Å². The fourth-order valence-electron chi connectivity index (χ4n) is 3.63. The fourth-order valence-corrected chi connectivity index (χ4v) is 3.63. The molecule has 0 bridgehead atoms. The van der Waals surface area contributed by atoms with Crippen LogP contribution in [0.2, 0.25) is 0 Å². The van der Waals surface area contributed by atoms with Crippen molar-refractivity contribution in [1.82, 2.24) is 15.1 Å². The third-order valence-corrected chi connectivity index (χ3v) is 5.20. The number of carbonyl (C=O) groups excluding carboxylic acids is 2. The molecule has 0 aromatic heterocycles. The van der Waals surface area contributed by atoms with E-state index in [9.17, 15) is 18.4 Å². The number of halogens is 2. The molecule has 1 unspecified atom stereocenters. The van der Waals surface area contributed by atoms with Gasteiger partial charge in [-0.05, 0) is 25.0 Å². The van der Waals surface area contributed by atoms with E-state index in [1.54, 1.807) is 4.90 Å². The second-order valence-electron chi connectivity index (χ2n) is 7.41. The van der Waals surface area contributed by atoms with E-state index in [-0.39, 0.29) is 18.4 Å². The number of hydrogen-bond acceptors (Lipinski definition) is 4. The van der Waals surface area contributed by atoms with Crippen LogP contribution in [0.3, 0.4) is 0 Å². The number of alkyl halides is 2. The number of carbonyl (C=O) groups is 2. The van der Waals surface area contributed by atoms with Gasteiger partial charge in [-0.15, -0.1) is 0 Å². The van der Waals surface area contributed by atoms with E-state index < -0.39 is 24.9 Å². The molecular weight excluding hydrogens is 354 g/mol. The molecule has 1 atom stereocenters. The van der Waals surface area contributed by atoms with Crippen LogP contribution in [0.5, 0.6) is 0 Å². The highest BCUT2D eigenvalue weighted by Gasteiger charge is 2.43. The van der Waals surface area contributed by atoms with Gasteiger partial charge in [0.05, 0.1) is 19.1 Å². The van der Waals surface area contributed by atoms with Crippen LogP contribution in [0.15, 0.2) is 18.2 Å². The number of nitrogens with one attached hydrogen (secondary N) is 2. The Kier molecular flexibility index (Phi) is 5.76. The van der Waals surface area contributed by atoms with E-state index in [2.05, 4.69) is 10.6 Å². The molecule has 1 aromatic carbocycles. The van der Waals surface area contributed by atoms with E-state index in [0.717, 1.165) is 16.8 Å². The normalized spacial score (nSPS) is 22.7. The minimum absolute atomic E-state index is 0.0933. The van der Waals surface area contributed by atoms with E-state index in [1.165, 1.54) is 0 Å². The van der Waals surface area contributed by atoms with E-state index in [1.807, 2.05) is 36.9 Å². The van der Waals surface area contributed by atoms with E-state index in [4.69, 9.17) is 0 Å². The van der Waals surface area contributed by atoms with Crippen molar-refractivity contribution in [3.63, 3.8) is 0 Å². The maximum atomic E-state index is 13.3. The molecule has 2 fully saturated rings. The molecule has 2 amide bonds. The Balaban J connectivity index is 1.47. The summed E-state index contributed by atoms with van der Waals surface area (Å²) in [5.74, 6) is -3.18. The number of hydrogen-bond donors (Lipinski definition) is 2. The Morgan fingerprint density at radius 1 is 1.19 bits per heavy atom. The summed E-state index contributed by atoms with van der Waals surface area (Å²) in [7, 11) is 0. The van der Waals surface area contributed by atoms with Gasteiger partial charge < -0.3 is 10.2 Å². The van der Waals surface area contributed by atoms with Crippen molar-refractivity contribution in [2.24, 2.45) is 0 Å². The summed E-state index contributed by atoms with van der Waals surface area (Å²) in [6.07, 6.45) is -0.440. The van der Waals surface area contributed by atoms with Crippen LogP contribution in [-0.2, 0) is 9.59 Å². The van der Waals surface area contributed by atoms with Gasteiger partial charge in [-0.2, -0.15) is 0 Å². The number of rotatable bonds is 4. The third-order valence-electron chi connectivity index (χ3n) is 5.20. The first-order valence-electron chi connectivity index (χ1n) is 9.23. The van der Waals surface area contributed by atoms with Crippen molar-refractivity contribution in [1.29, 1.82) is 0 Å². The summed E-state index contributed by atoms with van der Waals surface area (Å²) in [6.45, 7) is 5.70. The molecule has 8 heteroatoms. The molecule has 6 nitrogen and oxygen atoms in total. The Bertz CT molecular complexity index is 697. The van der Waals surface area contributed by atoms with Crippen molar-refractivity contribution in [3.05, 3.63) is 29.3 Å². The number of para-hydroxylation sites is 1. The van der Waals surface area contributed by atoms with Crippen LogP contribution in [0, 0.1) is 13.8 Å². The Hall–Kier alpha value is -2.06. The average Bonchev–Trinajstić information content (AvgIpc) is 2.98. The molecule has 2 aliphatic heterocycles. The minimum Gasteiger partial charge on any atom is -0.339 e. The maximum absolute atomic E-state index is 13.3. The highest BCUT2D eigenvalue weighted by molar-refractivity contribution is 5.93. The highest BCUT2D eigenvalue weighted by Crippen LogP contribution is 2.26. The fraction of sp³-hybridized carbons (Fsp3) is 0.579. The molecule has 2 heterocycles. The van der Waals surface area contributed by atoms with Gasteiger partial charge in [-0.25, -0.2) is 8.78 Å². The second-order valence-corrected chi connectivity index (χ2v) is 7.41. The van der Waals surface area contributed by atoms with Crippen molar-refractivity contribution in [3.8, 4) is 0 Å². The predicted octanol–water partition coefficient (Wildman–Crippen LogP) is 1.38. The Morgan fingerprint density at radius 2 is 1.81 bits per heavy atom. The number of anilines is 1. The lowest BCUT2D eigenvalue weighted by atomic mass is 10.1. The van der Waals surface area contributed by atoms with Crippen molar-refractivity contribution in [2.75, 3.05) is 44.6 Å². The van der Waals surface area contributed by atoms with Crippen LogP contribution in [0.25, 0.3) is 0 Å². The third kappa shape index (κ3) is 4.81. The lowest BCUT2D eigenvalue weighted by Crippen LogP contribution is -2.54. The second kappa shape index (κ2) is 7.90. The van der Waals surface area contributed by atoms with Crippen molar-refractivity contribution >= 4 is 17.5 Å².